The first-order valence-corrected chi connectivity index (χ1v) is 9.51. The zero-order valence-corrected chi connectivity index (χ0v) is 16.9. The van der Waals surface area contributed by atoms with Crippen molar-refractivity contribution in [1.29, 1.82) is 0 Å². The van der Waals surface area contributed by atoms with Crippen LogP contribution in [0.1, 0.15) is 24.5 Å². The van der Waals surface area contributed by atoms with Gasteiger partial charge in [0.05, 0.1) is 7.11 Å². The fraction of sp³-hybridized carbons (Fsp3) is 0.261. The number of carbonyl (C=O) groups is 3. The van der Waals surface area contributed by atoms with Crippen molar-refractivity contribution in [1.82, 2.24) is 10.6 Å². The van der Waals surface area contributed by atoms with Crippen molar-refractivity contribution < 1.29 is 23.5 Å². The summed E-state index contributed by atoms with van der Waals surface area (Å²) in [6.07, 6.45) is 3.72. The minimum absolute atomic E-state index is 0.0498. The van der Waals surface area contributed by atoms with Crippen molar-refractivity contribution >= 4 is 23.9 Å². The number of methoxy groups -OCH3 is 1. The number of carbonyl (C=O) groups excluding carboxylic acids is 3. The fourth-order valence-corrected chi connectivity index (χ4v) is 2.87. The van der Waals surface area contributed by atoms with Crippen LogP contribution in [0.25, 0.3) is 6.08 Å². The summed E-state index contributed by atoms with van der Waals surface area (Å²) in [6.45, 7) is 1.27. The molecule has 2 aromatic carbocycles. The molecule has 0 radical (unpaired) electrons. The number of amides is 2. The Morgan fingerprint density at radius 2 is 1.67 bits per heavy atom. The maximum atomic E-state index is 14.0. The van der Waals surface area contributed by atoms with Crippen LogP contribution in [0.4, 0.5) is 4.39 Å². The smallest absolute Gasteiger partial charge is 0.328 e. The van der Waals surface area contributed by atoms with E-state index in [9.17, 15) is 18.8 Å². The lowest BCUT2D eigenvalue weighted by Crippen LogP contribution is -2.52. The van der Waals surface area contributed by atoms with Gasteiger partial charge in [-0.1, -0.05) is 60.7 Å². The molecule has 2 rings (SSSR count). The van der Waals surface area contributed by atoms with Gasteiger partial charge in [0.15, 0.2) is 0 Å². The number of hydrogen-bond donors (Lipinski definition) is 2. The molecule has 0 spiro atoms. The first-order valence-electron chi connectivity index (χ1n) is 9.51. The SMILES string of the molecule is COC(=O)[C@H](C/C=C/c1ccccc1)NC(=O)[C@@H](Cc1ccccc1F)NC(C)=O. The number of esters is 1. The molecule has 158 valence electrons. The number of hydrogen-bond acceptors (Lipinski definition) is 4. The van der Waals surface area contributed by atoms with Crippen molar-refractivity contribution in [3.63, 3.8) is 0 Å². The summed E-state index contributed by atoms with van der Waals surface area (Å²) in [4.78, 5) is 36.5. The van der Waals surface area contributed by atoms with Crippen LogP contribution in [-0.4, -0.2) is 37.0 Å². The van der Waals surface area contributed by atoms with Gasteiger partial charge >= 0.3 is 5.97 Å². The zero-order chi connectivity index (χ0) is 21.9. The molecular weight excluding hydrogens is 387 g/mol. The van der Waals surface area contributed by atoms with Gasteiger partial charge in [0.2, 0.25) is 11.8 Å². The second-order valence-corrected chi connectivity index (χ2v) is 6.68. The van der Waals surface area contributed by atoms with Gasteiger partial charge in [-0.25, -0.2) is 9.18 Å². The van der Waals surface area contributed by atoms with E-state index >= 15 is 0 Å². The van der Waals surface area contributed by atoms with E-state index in [4.69, 9.17) is 4.74 Å². The van der Waals surface area contributed by atoms with E-state index in [1.165, 1.54) is 26.2 Å². The topological polar surface area (TPSA) is 84.5 Å². The number of halogens is 1. The van der Waals surface area contributed by atoms with Gasteiger partial charge in [-0.05, 0) is 23.6 Å². The van der Waals surface area contributed by atoms with Crippen LogP contribution in [0.15, 0.2) is 60.7 Å². The van der Waals surface area contributed by atoms with Gasteiger partial charge in [-0.2, -0.15) is 0 Å². The Hall–Kier alpha value is -3.48. The van der Waals surface area contributed by atoms with Crippen LogP contribution in [0.2, 0.25) is 0 Å². The van der Waals surface area contributed by atoms with Crippen LogP contribution in [0.3, 0.4) is 0 Å². The molecule has 0 saturated carbocycles. The molecule has 7 heteroatoms. The van der Waals surface area contributed by atoms with Gasteiger partial charge in [0.25, 0.3) is 0 Å². The lowest BCUT2D eigenvalue weighted by molar-refractivity contribution is -0.145. The monoisotopic (exact) mass is 412 g/mol. The van der Waals surface area contributed by atoms with Crippen molar-refractivity contribution in [2.45, 2.75) is 31.8 Å². The third kappa shape index (κ3) is 7.16. The molecule has 0 heterocycles. The molecule has 2 aromatic rings. The van der Waals surface area contributed by atoms with E-state index in [0.717, 1.165) is 5.56 Å². The number of rotatable bonds is 9. The minimum Gasteiger partial charge on any atom is -0.467 e. The van der Waals surface area contributed by atoms with Crippen LogP contribution in [-0.2, 0) is 25.5 Å². The molecule has 2 amide bonds. The highest BCUT2D eigenvalue weighted by Gasteiger charge is 2.27. The second kappa shape index (κ2) is 11.5. The molecule has 0 unspecified atom stereocenters. The second-order valence-electron chi connectivity index (χ2n) is 6.68. The summed E-state index contributed by atoms with van der Waals surface area (Å²) < 4.78 is 18.8. The molecule has 30 heavy (non-hydrogen) atoms. The summed E-state index contributed by atoms with van der Waals surface area (Å²) in [5.74, 6) is -2.13. The van der Waals surface area contributed by atoms with Gasteiger partial charge in [0.1, 0.15) is 17.9 Å². The fourth-order valence-electron chi connectivity index (χ4n) is 2.87. The van der Waals surface area contributed by atoms with Gasteiger partial charge in [0, 0.05) is 13.3 Å². The molecule has 2 atom stereocenters. The van der Waals surface area contributed by atoms with E-state index in [-0.39, 0.29) is 18.4 Å². The highest BCUT2D eigenvalue weighted by Crippen LogP contribution is 2.10. The molecule has 6 nitrogen and oxygen atoms in total. The molecule has 0 fully saturated rings. The normalized spacial score (nSPS) is 12.8. The molecule has 2 N–H and O–H groups in total. The Morgan fingerprint density at radius 1 is 1.00 bits per heavy atom. The summed E-state index contributed by atoms with van der Waals surface area (Å²) in [6, 6.07) is 13.5. The van der Waals surface area contributed by atoms with Gasteiger partial charge < -0.3 is 15.4 Å². The Balaban J connectivity index is 2.11. The zero-order valence-electron chi connectivity index (χ0n) is 16.9. The summed E-state index contributed by atoms with van der Waals surface area (Å²) in [5.41, 5.74) is 1.23. The summed E-state index contributed by atoms with van der Waals surface area (Å²) >= 11 is 0. The van der Waals surface area contributed by atoms with E-state index < -0.39 is 35.7 Å². The largest absolute Gasteiger partial charge is 0.467 e. The first kappa shape index (κ1) is 22.8. The molecule has 0 bridgehead atoms. The third-order valence-electron chi connectivity index (χ3n) is 4.36. The standard InChI is InChI=1S/C23H25FN2O4/c1-16(27)25-21(15-18-12-6-7-13-19(18)24)22(28)26-20(23(29)30-2)14-8-11-17-9-4-3-5-10-17/h3-13,20-21H,14-15H2,1-2H3,(H,25,27)(H,26,28)/b11-8+/t20-,21+/m0/s1. The Morgan fingerprint density at radius 3 is 2.30 bits per heavy atom. The number of benzene rings is 2. The van der Waals surface area contributed by atoms with Crippen molar-refractivity contribution in [3.05, 3.63) is 77.6 Å². The molecule has 0 aromatic heterocycles. The number of nitrogens with one attached hydrogen (secondary N) is 2. The average molecular weight is 412 g/mol. The Bertz CT molecular complexity index is 899. The predicted octanol–water partition coefficient (Wildman–Crippen LogP) is 2.63. The number of ether oxygens (including phenoxy) is 1. The minimum atomic E-state index is -1.04. The van der Waals surface area contributed by atoms with E-state index in [2.05, 4.69) is 10.6 Å². The lowest BCUT2D eigenvalue weighted by Gasteiger charge is -2.21. The van der Waals surface area contributed by atoms with E-state index in [1.807, 2.05) is 36.4 Å². The molecular formula is C23H25FN2O4. The van der Waals surface area contributed by atoms with Crippen LogP contribution in [0.5, 0.6) is 0 Å². The molecule has 0 aliphatic heterocycles. The molecule has 0 aliphatic rings. The first-order chi connectivity index (χ1) is 14.4. The van der Waals surface area contributed by atoms with E-state index in [0.29, 0.717) is 0 Å². The van der Waals surface area contributed by atoms with E-state index in [1.54, 1.807) is 18.2 Å². The Kier molecular flexibility index (Phi) is 8.75. The summed E-state index contributed by atoms with van der Waals surface area (Å²) in [5, 5.41) is 5.11. The highest BCUT2D eigenvalue weighted by atomic mass is 19.1. The molecule has 0 aliphatic carbocycles. The average Bonchev–Trinajstić information content (AvgIpc) is 2.73. The molecule has 0 saturated heterocycles. The van der Waals surface area contributed by atoms with Crippen LogP contribution >= 0.6 is 0 Å². The van der Waals surface area contributed by atoms with Crippen LogP contribution in [0, 0.1) is 5.82 Å². The van der Waals surface area contributed by atoms with Gasteiger partial charge in [-0.3, -0.25) is 9.59 Å². The highest BCUT2D eigenvalue weighted by molar-refractivity contribution is 5.90. The summed E-state index contributed by atoms with van der Waals surface area (Å²) in [7, 11) is 1.23. The van der Waals surface area contributed by atoms with Crippen LogP contribution < -0.4 is 10.6 Å². The lowest BCUT2D eigenvalue weighted by atomic mass is 10.0. The van der Waals surface area contributed by atoms with Crippen molar-refractivity contribution in [2.75, 3.05) is 7.11 Å². The maximum absolute atomic E-state index is 14.0. The Labute approximate surface area is 175 Å². The van der Waals surface area contributed by atoms with Crippen molar-refractivity contribution in [3.8, 4) is 0 Å². The van der Waals surface area contributed by atoms with Crippen molar-refractivity contribution in [2.24, 2.45) is 0 Å². The quantitative estimate of drug-likeness (QED) is 0.620. The predicted molar refractivity (Wildman–Crippen MR) is 112 cm³/mol. The van der Waals surface area contributed by atoms with Gasteiger partial charge in [-0.15, -0.1) is 0 Å². The maximum Gasteiger partial charge on any atom is 0.328 e. The third-order valence-corrected chi connectivity index (χ3v) is 4.36.